The van der Waals surface area contributed by atoms with E-state index >= 15 is 0 Å². The maximum atomic E-state index is 12.7. The van der Waals surface area contributed by atoms with Gasteiger partial charge in [-0.05, 0) is 61.4 Å². The number of hydrogen-bond acceptors (Lipinski definition) is 2. The van der Waals surface area contributed by atoms with Crippen LogP contribution in [0.15, 0.2) is 18.2 Å². The van der Waals surface area contributed by atoms with Gasteiger partial charge in [-0.15, -0.1) is 0 Å². The molecule has 0 bridgehead atoms. The van der Waals surface area contributed by atoms with Crippen molar-refractivity contribution in [3.05, 3.63) is 34.9 Å². The molecule has 0 aromatic heterocycles. The topological polar surface area (TPSA) is 32.3 Å². The Kier molecular flexibility index (Phi) is 4.59. The fourth-order valence-electron chi connectivity index (χ4n) is 3.57. The normalized spacial score (nSPS) is 22.5. The van der Waals surface area contributed by atoms with Gasteiger partial charge in [0.25, 0.3) is 5.91 Å². The Morgan fingerprint density at radius 3 is 3.05 bits per heavy atom. The van der Waals surface area contributed by atoms with E-state index in [1.165, 1.54) is 24.0 Å². The predicted octanol–water partition coefficient (Wildman–Crippen LogP) is 2.98. The second kappa shape index (κ2) is 6.61. The zero-order valence-electron chi connectivity index (χ0n) is 13.0. The van der Waals surface area contributed by atoms with Crippen LogP contribution in [0.4, 0.5) is 0 Å². The highest BCUT2D eigenvalue weighted by Gasteiger charge is 2.21. The largest absolute Gasteiger partial charge is 0.339 e. The molecule has 3 heteroatoms. The fourth-order valence-corrected chi connectivity index (χ4v) is 3.57. The number of likely N-dealkylation sites (tertiary alicyclic amines) is 1. The van der Waals surface area contributed by atoms with Crippen molar-refractivity contribution in [3.8, 4) is 0 Å². The van der Waals surface area contributed by atoms with E-state index in [1.54, 1.807) is 0 Å². The lowest BCUT2D eigenvalue weighted by Gasteiger charge is -2.22. The first-order chi connectivity index (χ1) is 10.3. The minimum Gasteiger partial charge on any atom is -0.339 e. The van der Waals surface area contributed by atoms with E-state index in [2.05, 4.69) is 29.3 Å². The Morgan fingerprint density at radius 1 is 1.29 bits per heavy atom. The molecule has 1 unspecified atom stereocenters. The van der Waals surface area contributed by atoms with Crippen LogP contribution in [0.3, 0.4) is 0 Å². The Labute approximate surface area is 127 Å². The first-order valence-electron chi connectivity index (χ1n) is 8.39. The number of nitrogens with one attached hydrogen (secondary N) is 1. The number of hydrogen-bond donors (Lipinski definition) is 1. The molecule has 1 amide bonds. The maximum Gasteiger partial charge on any atom is 0.253 e. The molecule has 0 spiro atoms. The molecule has 0 aliphatic carbocycles. The summed E-state index contributed by atoms with van der Waals surface area (Å²) >= 11 is 0. The number of carbonyl (C=O) groups excluding carboxylic acids is 1. The maximum absolute atomic E-state index is 12.7. The Hall–Kier alpha value is -1.35. The van der Waals surface area contributed by atoms with E-state index in [0.29, 0.717) is 0 Å². The molecule has 0 radical (unpaired) electrons. The van der Waals surface area contributed by atoms with Crippen LogP contribution in [0, 0.1) is 5.92 Å². The van der Waals surface area contributed by atoms with E-state index in [0.717, 1.165) is 56.9 Å². The lowest BCUT2D eigenvalue weighted by atomic mass is 9.98. The molecule has 2 aliphatic heterocycles. The molecule has 1 aromatic rings. The first kappa shape index (κ1) is 14.6. The van der Waals surface area contributed by atoms with Crippen molar-refractivity contribution in [2.45, 2.75) is 45.6 Å². The van der Waals surface area contributed by atoms with Gasteiger partial charge in [-0.25, -0.2) is 0 Å². The predicted molar refractivity (Wildman–Crippen MR) is 85.4 cm³/mol. The smallest absolute Gasteiger partial charge is 0.253 e. The van der Waals surface area contributed by atoms with Crippen molar-refractivity contribution in [3.63, 3.8) is 0 Å². The molecule has 1 N–H and O–H groups in total. The van der Waals surface area contributed by atoms with Crippen LogP contribution in [0.25, 0.3) is 0 Å². The number of nitrogens with zero attached hydrogens (tertiary/aromatic N) is 1. The lowest BCUT2D eigenvalue weighted by molar-refractivity contribution is 0.0760. The van der Waals surface area contributed by atoms with Gasteiger partial charge in [-0.2, -0.15) is 0 Å². The average molecular weight is 286 g/mol. The van der Waals surface area contributed by atoms with Crippen LogP contribution < -0.4 is 5.32 Å². The van der Waals surface area contributed by atoms with Gasteiger partial charge >= 0.3 is 0 Å². The number of carbonyl (C=O) groups is 1. The summed E-state index contributed by atoms with van der Waals surface area (Å²) in [5.41, 5.74) is 3.56. The van der Waals surface area contributed by atoms with Gasteiger partial charge in [0.1, 0.15) is 0 Å². The van der Waals surface area contributed by atoms with Crippen LogP contribution in [0.2, 0.25) is 0 Å². The highest BCUT2D eigenvalue weighted by Crippen LogP contribution is 2.22. The molecule has 2 heterocycles. The Balaban J connectivity index is 1.72. The summed E-state index contributed by atoms with van der Waals surface area (Å²) in [5, 5.41) is 3.39. The Morgan fingerprint density at radius 2 is 2.19 bits per heavy atom. The highest BCUT2D eigenvalue weighted by molar-refractivity contribution is 5.94. The molecule has 1 aromatic carbocycles. The molecule has 1 saturated heterocycles. The van der Waals surface area contributed by atoms with E-state index < -0.39 is 0 Å². The molecule has 0 saturated carbocycles. The fraction of sp³-hybridized carbons (Fsp3) is 0.611. The molecule has 1 fully saturated rings. The summed E-state index contributed by atoms with van der Waals surface area (Å²) in [5.74, 6) is 1.02. The zero-order chi connectivity index (χ0) is 14.7. The molecule has 3 rings (SSSR count). The lowest BCUT2D eigenvalue weighted by Crippen LogP contribution is -2.32. The van der Waals surface area contributed by atoms with Gasteiger partial charge in [0.05, 0.1) is 0 Å². The van der Waals surface area contributed by atoms with Crippen molar-refractivity contribution in [2.75, 3.05) is 19.6 Å². The minimum atomic E-state index is 0.222. The van der Waals surface area contributed by atoms with Gasteiger partial charge < -0.3 is 10.2 Å². The van der Waals surface area contributed by atoms with Crippen LogP contribution in [0.1, 0.15) is 54.1 Å². The molecule has 114 valence electrons. The highest BCUT2D eigenvalue weighted by atomic mass is 16.2. The van der Waals surface area contributed by atoms with Gasteiger partial charge in [-0.3, -0.25) is 4.79 Å². The second-order valence-corrected chi connectivity index (χ2v) is 6.41. The van der Waals surface area contributed by atoms with Gasteiger partial charge in [0.2, 0.25) is 0 Å². The molecular formula is C18H26N2O. The van der Waals surface area contributed by atoms with E-state index in [-0.39, 0.29) is 5.91 Å². The number of benzene rings is 1. The zero-order valence-corrected chi connectivity index (χ0v) is 13.0. The third-order valence-corrected chi connectivity index (χ3v) is 5.05. The van der Waals surface area contributed by atoms with Crippen molar-refractivity contribution in [1.29, 1.82) is 0 Å². The van der Waals surface area contributed by atoms with Crippen LogP contribution >= 0.6 is 0 Å². The van der Waals surface area contributed by atoms with E-state index in [9.17, 15) is 4.79 Å². The van der Waals surface area contributed by atoms with Gasteiger partial charge in [0, 0.05) is 25.2 Å². The van der Waals surface area contributed by atoms with Gasteiger partial charge in [-0.1, -0.05) is 19.4 Å². The third-order valence-electron chi connectivity index (χ3n) is 5.05. The molecule has 1 atom stereocenters. The van der Waals surface area contributed by atoms with Crippen molar-refractivity contribution >= 4 is 5.91 Å². The van der Waals surface area contributed by atoms with Crippen molar-refractivity contribution < 1.29 is 4.79 Å². The molecule has 3 nitrogen and oxygen atoms in total. The monoisotopic (exact) mass is 286 g/mol. The Bertz CT molecular complexity index is 512. The van der Waals surface area contributed by atoms with Crippen LogP contribution in [-0.2, 0) is 13.0 Å². The average Bonchev–Trinajstić information content (AvgIpc) is 2.79. The SMILES string of the molecule is CCC1CCCN(C(=O)c2ccc3c(c2)CNCC3)CC1. The van der Waals surface area contributed by atoms with Crippen LogP contribution in [0.5, 0.6) is 0 Å². The van der Waals surface area contributed by atoms with E-state index in [4.69, 9.17) is 0 Å². The van der Waals surface area contributed by atoms with Gasteiger partial charge in [0.15, 0.2) is 0 Å². The quantitative estimate of drug-likeness (QED) is 0.906. The number of fused-ring (bicyclic) bond motifs is 1. The number of amides is 1. The van der Waals surface area contributed by atoms with Crippen LogP contribution in [-0.4, -0.2) is 30.4 Å². The van der Waals surface area contributed by atoms with Crippen molar-refractivity contribution in [2.24, 2.45) is 5.92 Å². The first-order valence-corrected chi connectivity index (χ1v) is 8.39. The number of rotatable bonds is 2. The summed E-state index contributed by atoms with van der Waals surface area (Å²) in [6.07, 6.45) is 5.90. The molecular weight excluding hydrogens is 260 g/mol. The summed E-state index contributed by atoms with van der Waals surface area (Å²) in [7, 11) is 0. The third kappa shape index (κ3) is 3.29. The van der Waals surface area contributed by atoms with Crippen molar-refractivity contribution in [1.82, 2.24) is 10.2 Å². The summed E-state index contributed by atoms with van der Waals surface area (Å²) in [4.78, 5) is 14.8. The molecule has 21 heavy (non-hydrogen) atoms. The molecule has 2 aliphatic rings. The van der Waals surface area contributed by atoms with E-state index in [1.807, 2.05) is 6.07 Å². The standard InChI is InChI=1S/C18H26N2O/c1-2-14-4-3-10-20(11-8-14)18(21)16-6-5-15-7-9-19-13-17(15)12-16/h5-6,12,14,19H,2-4,7-11,13H2,1H3. The second-order valence-electron chi connectivity index (χ2n) is 6.41. The summed E-state index contributed by atoms with van der Waals surface area (Å²) in [6.45, 7) is 6.05. The minimum absolute atomic E-state index is 0.222. The summed E-state index contributed by atoms with van der Waals surface area (Å²) < 4.78 is 0. The summed E-state index contributed by atoms with van der Waals surface area (Å²) in [6, 6.07) is 6.27.